The fourth-order valence-electron chi connectivity index (χ4n) is 4.55. The zero-order valence-corrected chi connectivity index (χ0v) is 16.6. The van der Waals surface area contributed by atoms with Crippen molar-refractivity contribution in [3.05, 3.63) is 53.2 Å². The third-order valence-corrected chi connectivity index (χ3v) is 6.06. The van der Waals surface area contributed by atoms with Gasteiger partial charge in [0.05, 0.1) is 23.7 Å². The molecule has 1 saturated carbocycles. The molecular weight excluding hydrogens is 366 g/mol. The average molecular weight is 389 g/mol. The monoisotopic (exact) mass is 389 g/mol. The van der Waals surface area contributed by atoms with Crippen LogP contribution >= 0.6 is 0 Å². The Kier molecular flexibility index (Phi) is 4.30. The molecule has 0 N–H and O–H groups in total. The van der Waals surface area contributed by atoms with Crippen LogP contribution in [0.5, 0.6) is 5.75 Å². The minimum atomic E-state index is -0.0241. The lowest BCUT2D eigenvalue weighted by molar-refractivity contribution is 0.253. The predicted molar refractivity (Wildman–Crippen MR) is 111 cm³/mol. The second-order valence-electron chi connectivity index (χ2n) is 7.78. The molecule has 7 nitrogen and oxygen atoms in total. The van der Waals surface area contributed by atoms with E-state index in [1.165, 1.54) is 12.7 Å². The molecule has 1 aliphatic rings. The lowest BCUT2D eigenvalue weighted by Gasteiger charge is -2.30. The first-order chi connectivity index (χ1) is 14.2. The first-order valence-corrected chi connectivity index (χ1v) is 10.1. The Labute approximate surface area is 168 Å². The SMILES string of the molecule is COc1cccc(-c2c3c(=O)n(C4CCCCC4C)ccc3nc3ncnn23)c1. The number of hydrogen-bond acceptors (Lipinski definition) is 5. The van der Waals surface area contributed by atoms with Crippen molar-refractivity contribution in [3.8, 4) is 17.0 Å². The summed E-state index contributed by atoms with van der Waals surface area (Å²) in [5.74, 6) is 1.67. The van der Waals surface area contributed by atoms with E-state index in [4.69, 9.17) is 4.74 Å². The van der Waals surface area contributed by atoms with Gasteiger partial charge in [0, 0.05) is 17.8 Å². The van der Waals surface area contributed by atoms with Crippen LogP contribution in [0.15, 0.2) is 47.7 Å². The smallest absolute Gasteiger partial charge is 0.262 e. The summed E-state index contributed by atoms with van der Waals surface area (Å²) in [7, 11) is 1.63. The molecule has 0 aliphatic heterocycles. The molecule has 1 aliphatic carbocycles. The minimum absolute atomic E-state index is 0.0241. The number of nitrogens with zero attached hydrogens (tertiary/aromatic N) is 5. The van der Waals surface area contributed by atoms with Gasteiger partial charge in [0.15, 0.2) is 0 Å². The second-order valence-corrected chi connectivity index (χ2v) is 7.78. The summed E-state index contributed by atoms with van der Waals surface area (Å²) in [6.45, 7) is 2.24. The number of fused-ring (bicyclic) bond motifs is 2. The summed E-state index contributed by atoms with van der Waals surface area (Å²) in [5.41, 5.74) is 2.15. The Hall–Kier alpha value is -3.22. The lowest BCUT2D eigenvalue weighted by atomic mass is 9.85. The summed E-state index contributed by atoms with van der Waals surface area (Å²) in [6.07, 6.45) is 7.93. The van der Waals surface area contributed by atoms with Crippen LogP contribution in [-0.2, 0) is 0 Å². The van der Waals surface area contributed by atoms with Gasteiger partial charge in [-0.2, -0.15) is 14.6 Å². The zero-order valence-electron chi connectivity index (χ0n) is 16.6. The molecule has 0 spiro atoms. The predicted octanol–water partition coefficient (Wildman–Crippen LogP) is 3.87. The fourth-order valence-corrected chi connectivity index (χ4v) is 4.55. The highest BCUT2D eigenvalue weighted by Crippen LogP contribution is 2.34. The largest absolute Gasteiger partial charge is 0.497 e. The number of benzene rings is 1. The van der Waals surface area contributed by atoms with Crippen molar-refractivity contribution in [2.24, 2.45) is 5.92 Å². The van der Waals surface area contributed by atoms with E-state index in [-0.39, 0.29) is 11.6 Å². The van der Waals surface area contributed by atoms with Crippen molar-refractivity contribution >= 4 is 16.7 Å². The maximum Gasteiger partial charge on any atom is 0.262 e. The van der Waals surface area contributed by atoms with Gasteiger partial charge in [0.2, 0.25) is 0 Å². The maximum atomic E-state index is 13.7. The Bertz CT molecular complexity index is 1260. The average Bonchev–Trinajstić information content (AvgIpc) is 3.21. The van der Waals surface area contributed by atoms with Gasteiger partial charge in [-0.15, -0.1) is 0 Å². The van der Waals surface area contributed by atoms with Gasteiger partial charge < -0.3 is 9.30 Å². The van der Waals surface area contributed by atoms with Crippen LogP contribution in [0.4, 0.5) is 0 Å². The number of rotatable bonds is 3. The molecule has 5 rings (SSSR count). The number of ether oxygens (including phenoxy) is 1. The molecule has 7 heteroatoms. The molecular formula is C22H23N5O2. The molecule has 148 valence electrons. The van der Waals surface area contributed by atoms with Gasteiger partial charge in [-0.3, -0.25) is 4.79 Å². The Balaban J connectivity index is 1.84. The fraction of sp³-hybridized carbons (Fsp3) is 0.364. The quantitative estimate of drug-likeness (QED) is 0.532. The van der Waals surface area contributed by atoms with Gasteiger partial charge in [0.25, 0.3) is 11.3 Å². The Morgan fingerprint density at radius 1 is 1.17 bits per heavy atom. The zero-order chi connectivity index (χ0) is 20.0. The molecule has 0 saturated heterocycles. The van der Waals surface area contributed by atoms with Crippen LogP contribution in [0, 0.1) is 5.92 Å². The maximum absolute atomic E-state index is 13.7. The van der Waals surface area contributed by atoms with Gasteiger partial charge in [-0.05, 0) is 37.0 Å². The minimum Gasteiger partial charge on any atom is -0.497 e. The third kappa shape index (κ3) is 2.88. The highest BCUT2D eigenvalue weighted by molar-refractivity contribution is 5.93. The summed E-state index contributed by atoms with van der Waals surface area (Å²) in [4.78, 5) is 22.5. The number of methoxy groups -OCH3 is 1. The van der Waals surface area contributed by atoms with E-state index in [0.29, 0.717) is 28.3 Å². The van der Waals surface area contributed by atoms with Crippen LogP contribution < -0.4 is 10.3 Å². The van der Waals surface area contributed by atoms with Crippen LogP contribution in [-0.4, -0.2) is 31.3 Å². The van der Waals surface area contributed by atoms with E-state index in [1.807, 2.05) is 41.1 Å². The lowest BCUT2D eigenvalue weighted by Crippen LogP contribution is -2.31. The first-order valence-electron chi connectivity index (χ1n) is 10.1. The molecule has 0 radical (unpaired) electrons. The molecule has 4 aromatic rings. The molecule has 0 amide bonds. The van der Waals surface area contributed by atoms with Crippen LogP contribution in [0.25, 0.3) is 27.9 Å². The highest BCUT2D eigenvalue weighted by Gasteiger charge is 2.25. The third-order valence-electron chi connectivity index (χ3n) is 6.06. The van der Waals surface area contributed by atoms with Crippen molar-refractivity contribution in [2.75, 3.05) is 7.11 Å². The molecule has 1 fully saturated rings. The van der Waals surface area contributed by atoms with Gasteiger partial charge in [-0.1, -0.05) is 31.9 Å². The van der Waals surface area contributed by atoms with E-state index in [0.717, 1.165) is 30.6 Å². The van der Waals surface area contributed by atoms with Gasteiger partial charge in [0.1, 0.15) is 12.1 Å². The Morgan fingerprint density at radius 3 is 2.86 bits per heavy atom. The molecule has 0 bridgehead atoms. The van der Waals surface area contributed by atoms with Crippen molar-refractivity contribution < 1.29 is 4.74 Å². The summed E-state index contributed by atoms with van der Waals surface area (Å²) >= 11 is 0. The summed E-state index contributed by atoms with van der Waals surface area (Å²) in [6, 6.07) is 9.80. The second kappa shape index (κ2) is 6.99. The number of pyridine rings is 1. The normalized spacial score (nSPS) is 19.7. The van der Waals surface area contributed by atoms with Crippen LogP contribution in [0.2, 0.25) is 0 Å². The van der Waals surface area contributed by atoms with Gasteiger partial charge in [-0.25, -0.2) is 4.98 Å². The van der Waals surface area contributed by atoms with Crippen molar-refractivity contribution in [1.29, 1.82) is 0 Å². The first kappa shape index (κ1) is 17.8. The molecule has 3 aromatic heterocycles. The Morgan fingerprint density at radius 2 is 2.03 bits per heavy atom. The van der Waals surface area contributed by atoms with E-state index in [9.17, 15) is 4.79 Å². The molecule has 3 heterocycles. The van der Waals surface area contributed by atoms with Crippen LogP contribution in [0.3, 0.4) is 0 Å². The van der Waals surface area contributed by atoms with Crippen molar-refractivity contribution in [3.63, 3.8) is 0 Å². The molecule has 2 unspecified atom stereocenters. The summed E-state index contributed by atoms with van der Waals surface area (Å²) in [5, 5.41) is 4.92. The van der Waals surface area contributed by atoms with E-state index < -0.39 is 0 Å². The van der Waals surface area contributed by atoms with E-state index in [2.05, 4.69) is 22.0 Å². The van der Waals surface area contributed by atoms with Crippen molar-refractivity contribution in [1.82, 2.24) is 24.1 Å². The molecule has 1 aromatic carbocycles. The topological polar surface area (TPSA) is 74.3 Å². The van der Waals surface area contributed by atoms with E-state index in [1.54, 1.807) is 11.6 Å². The van der Waals surface area contributed by atoms with Crippen LogP contribution in [0.1, 0.15) is 38.6 Å². The number of aromatic nitrogens is 5. The summed E-state index contributed by atoms with van der Waals surface area (Å²) < 4.78 is 8.95. The molecule has 2 atom stereocenters. The van der Waals surface area contributed by atoms with E-state index >= 15 is 0 Å². The standard InChI is InChI=1S/C22H23N5O2/c1-14-6-3-4-9-18(14)26-11-10-17-19(21(26)28)20(27-22(25-17)23-13-24-27)15-7-5-8-16(12-15)29-2/h5,7-8,10-14,18H,3-4,6,9H2,1-2H3. The molecule has 29 heavy (non-hydrogen) atoms. The van der Waals surface area contributed by atoms with Crippen molar-refractivity contribution in [2.45, 2.75) is 38.6 Å². The number of hydrogen-bond donors (Lipinski definition) is 0. The highest BCUT2D eigenvalue weighted by atomic mass is 16.5. The van der Waals surface area contributed by atoms with Gasteiger partial charge >= 0.3 is 0 Å².